The van der Waals surface area contributed by atoms with Gasteiger partial charge in [-0.15, -0.1) is 10.2 Å². The van der Waals surface area contributed by atoms with E-state index in [0.717, 1.165) is 32.4 Å². The Balaban J connectivity index is 1.77. The average Bonchev–Trinajstić information content (AvgIpc) is 3.16. The van der Waals surface area contributed by atoms with Crippen LogP contribution in [0.4, 0.5) is 0 Å². The molecule has 0 aromatic carbocycles. The van der Waals surface area contributed by atoms with E-state index in [-0.39, 0.29) is 11.9 Å². The van der Waals surface area contributed by atoms with Gasteiger partial charge in [0.15, 0.2) is 0 Å². The first-order valence-corrected chi connectivity index (χ1v) is 7.91. The number of amides is 1. The number of carbonyl (C=O) groups excluding carboxylic acids is 1. The third-order valence-corrected chi connectivity index (χ3v) is 4.89. The molecule has 0 aliphatic carbocycles. The van der Waals surface area contributed by atoms with Gasteiger partial charge in [0.05, 0.1) is 6.04 Å². The van der Waals surface area contributed by atoms with Crippen LogP contribution in [0.25, 0.3) is 0 Å². The third-order valence-electron chi connectivity index (χ3n) is 4.89. The summed E-state index contributed by atoms with van der Waals surface area (Å²) in [6.45, 7) is 7.56. The van der Waals surface area contributed by atoms with Crippen molar-refractivity contribution in [3.05, 3.63) is 11.8 Å². The molecule has 0 saturated carbocycles. The predicted molar refractivity (Wildman–Crippen MR) is 77.6 cm³/mol. The van der Waals surface area contributed by atoms with Gasteiger partial charge >= 0.3 is 0 Å². The van der Waals surface area contributed by atoms with Crippen molar-refractivity contribution >= 4 is 5.91 Å². The van der Waals surface area contributed by atoms with Gasteiger partial charge in [0.1, 0.15) is 0 Å². The van der Waals surface area contributed by atoms with E-state index in [4.69, 9.17) is 4.42 Å². The van der Waals surface area contributed by atoms with Crippen LogP contribution in [0, 0.1) is 6.92 Å². The maximum atomic E-state index is 11.8. The minimum atomic E-state index is 0.119. The maximum Gasteiger partial charge on any atom is 0.233 e. The first kappa shape index (κ1) is 14.5. The zero-order chi connectivity index (χ0) is 15.0. The molecule has 0 radical (unpaired) electrons. The molecule has 116 valence electrons. The van der Waals surface area contributed by atoms with E-state index in [1.54, 1.807) is 6.92 Å². The smallest absolute Gasteiger partial charge is 0.233 e. The number of likely N-dealkylation sites (tertiary alicyclic amines) is 2. The molecule has 1 aromatic rings. The van der Waals surface area contributed by atoms with Crippen molar-refractivity contribution in [1.82, 2.24) is 20.0 Å². The standard InChI is InChI=1S/C15H24N4O2/c1-10(15-17-16-11(2)21-15)18-8-4-6-13(18)14-7-5-9-19(14)12(3)20/h10,13-14H,4-9H2,1-3H3/t10-,13+,14-/m1/s1. The SMILES string of the molecule is CC(=O)N1CCC[C@@H]1[C@@H]1CCCN1[C@H](C)c1nnc(C)o1. The van der Waals surface area contributed by atoms with Gasteiger partial charge in [-0.1, -0.05) is 0 Å². The van der Waals surface area contributed by atoms with Crippen molar-refractivity contribution in [2.75, 3.05) is 13.1 Å². The molecule has 0 bridgehead atoms. The van der Waals surface area contributed by atoms with Crippen LogP contribution < -0.4 is 0 Å². The average molecular weight is 292 g/mol. The van der Waals surface area contributed by atoms with Crippen molar-refractivity contribution in [1.29, 1.82) is 0 Å². The summed E-state index contributed by atoms with van der Waals surface area (Å²) in [6.07, 6.45) is 4.54. The van der Waals surface area contributed by atoms with E-state index in [0.29, 0.717) is 23.9 Å². The lowest BCUT2D eigenvalue weighted by Gasteiger charge is -2.36. The Kier molecular flexibility index (Phi) is 3.97. The summed E-state index contributed by atoms with van der Waals surface area (Å²) in [5, 5.41) is 8.10. The number of rotatable bonds is 3. The molecule has 2 saturated heterocycles. The van der Waals surface area contributed by atoms with Gasteiger partial charge < -0.3 is 9.32 Å². The van der Waals surface area contributed by atoms with E-state index >= 15 is 0 Å². The minimum Gasteiger partial charge on any atom is -0.424 e. The highest BCUT2D eigenvalue weighted by Crippen LogP contribution is 2.35. The van der Waals surface area contributed by atoms with Gasteiger partial charge in [-0.2, -0.15) is 0 Å². The summed E-state index contributed by atoms with van der Waals surface area (Å²) in [5.74, 6) is 1.50. The molecule has 6 heteroatoms. The number of hydrogen-bond donors (Lipinski definition) is 0. The highest BCUT2D eigenvalue weighted by atomic mass is 16.4. The lowest BCUT2D eigenvalue weighted by Crippen LogP contribution is -2.48. The van der Waals surface area contributed by atoms with E-state index in [1.807, 2.05) is 6.92 Å². The molecule has 2 aliphatic heterocycles. The largest absolute Gasteiger partial charge is 0.424 e. The Bertz CT molecular complexity index is 516. The zero-order valence-electron chi connectivity index (χ0n) is 13.1. The summed E-state index contributed by atoms with van der Waals surface area (Å²) >= 11 is 0. The van der Waals surface area contributed by atoms with E-state index < -0.39 is 0 Å². The van der Waals surface area contributed by atoms with Gasteiger partial charge in [0, 0.05) is 32.5 Å². The van der Waals surface area contributed by atoms with Gasteiger partial charge in [-0.25, -0.2) is 0 Å². The van der Waals surface area contributed by atoms with Crippen LogP contribution in [-0.2, 0) is 4.79 Å². The van der Waals surface area contributed by atoms with Crippen LogP contribution in [0.3, 0.4) is 0 Å². The quantitative estimate of drug-likeness (QED) is 0.851. The monoisotopic (exact) mass is 292 g/mol. The number of aryl methyl sites for hydroxylation is 1. The fraction of sp³-hybridized carbons (Fsp3) is 0.800. The van der Waals surface area contributed by atoms with Crippen molar-refractivity contribution < 1.29 is 9.21 Å². The molecule has 2 aliphatic rings. The van der Waals surface area contributed by atoms with Gasteiger partial charge in [-0.05, 0) is 39.2 Å². The Morgan fingerprint density at radius 2 is 1.95 bits per heavy atom. The molecule has 2 fully saturated rings. The lowest BCUT2D eigenvalue weighted by atomic mass is 10.0. The molecule has 3 heterocycles. The lowest BCUT2D eigenvalue weighted by molar-refractivity contribution is -0.130. The maximum absolute atomic E-state index is 11.8. The number of aromatic nitrogens is 2. The van der Waals surface area contributed by atoms with Crippen LogP contribution in [0.5, 0.6) is 0 Å². The second-order valence-corrected chi connectivity index (χ2v) is 6.20. The topological polar surface area (TPSA) is 62.5 Å². The van der Waals surface area contributed by atoms with E-state index in [2.05, 4.69) is 26.9 Å². The second-order valence-electron chi connectivity index (χ2n) is 6.20. The summed E-state index contributed by atoms with van der Waals surface area (Å²) in [4.78, 5) is 16.3. The van der Waals surface area contributed by atoms with Crippen LogP contribution in [-0.4, -0.2) is 51.1 Å². The predicted octanol–water partition coefficient (Wildman–Crippen LogP) is 1.91. The van der Waals surface area contributed by atoms with Crippen LogP contribution in [0.15, 0.2) is 4.42 Å². The number of nitrogens with zero attached hydrogens (tertiary/aromatic N) is 4. The third kappa shape index (κ3) is 2.69. The second kappa shape index (κ2) is 5.75. The molecule has 0 N–H and O–H groups in total. The highest BCUT2D eigenvalue weighted by Gasteiger charge is 2.41. The zero-order valence-corrected chi connectivity index (χ0v) is 13.1. The Hall–Kier alpha value is -1.43. The highest BCUT2D eigenvalue weighted by molar-refractivity contribution is 5.74. The molecular formula is C15H24N4O2. The van der Waals surface area contributed by atoms with E-state index in [9.17, 15) is 4.79 Å². The normalized spacial score (nSPS) is 28.2. The van der Waals surface area contributed by atoms with Crippen molar-refractivity contribution in [2.24, 2.45) is 0 Å². The van der Waals surface area contributed by atoms with Crippen LogP contribution >= 0.6 is 0 Å². The molecule has 0 unspecified atom stereocenters. The molecule has 1 amide bonds. The Morgan fingerprint density at radius 3 is 2.62 bits per heavy atom. The summed E-state index contributed by atoms with van der Waals surface area (Å²) in [5.41, 5.74) is 0. The van der Waals surface area contributed by atoms with Crippen molar-refractivity contribution in [3.63, 3.8) is 0 Å². The first-order chi connectivity index (χ1) is 10.1. The fourth-order valence-electron chi connectivity index (χ4n) is 3.91. The summed E-state index contributed by atoms with van der Waals surface area (Å²) in [7, 11) is 0. The Morgan fingerprint density at radius 1 is 1.24 bits per heavy atom. The molecule has 3 atom stereocenters. The number of carbonyl (C=O) groups is 1. The molecule has 6 nitrogen and oxygen atoms in total. The van der Waals surface area contributed by atoms with Gasteiger partial charge in [0.2, 0.25) is 17.7 Å². The summed E-state index contributed by atoms with van der Waals surface area (Å²) < 4.78 is 5.60. The minimum absolute atomic E-state index is 0.119. The Labute approximate surface area is 125 Å². The van der Waals surface area contributed by atoms with Crippen molar-refractivity contribution in [2.45, 2.75) is 64.6 Å². The molecule has 0 spiro atoms. The fourth-order valence-corrected chi connectivity index (χ4v) is 3.91. The van der Waals surface area contributed by atoms with Crippen LogP contribution in [0.2, 0.25) is 0 Å². The van der Waals surface area contributed by atoms with Gasteiger partial charge in [0.25, 0.3) is 0 Å². The molecule has 1 aromatic heterocycles. The summed E-state index contributed by atoms with van der Waals surface area (Å²) in [6, 6.07) is 0.878. The molecule has 21 heavy (non-hydrogen) atoms. The van der Waals surface area contributed by atoms with Crippen LogP contribution in [0.1, 0.15) is 57.4 Å². The van der Waals surface area contributed by atoms with Gasteiger partial charge in [-0.3, -0.25) is 9.69 Å². The molecular weight excluding hydrogens is 268 g/mol. The first-order valence-electron chi connectivity index (χ1n) is 7.91. The van der Waals surface area contributed by atoms with E-state index in [1.165, 1.54) is 6.42 Å². The molecule has 3 rings (SSSR count). The number of hydrogen-bond acceptors (Lipinski definition) is 5. The van der Waals surface area contributed by atoms with Crippen molar-refractivity contribution in [3.8, 4) is 0 Å².